The maximum atomic E-state index is 12.4. The van der Waals surface area contributed by atoms with Gasteiger partial charge in [0.25, 0.3) is 0 Å². The molecule has 6 heteroatoms. The Morgan fingerprint density at radius 2 is 0.723 bits per heavy atom. The number of carbonyl (C=O) groups excluding carboxylic acids is 2. The van der Waals surface area contributed by atoms with E-state index in [9.17, 15) is 19.8 Å². The molecule has 1 amide bonds. The van der Waals surface area contributed by atoms with Crippen molar-refractivity contribution >= 4 is 11.9 Å². The Morgan fingerprint density at radius 3 is 1.11 bits per heavy atom. The lowest BCUT2D eigenvalue weighted by molar-refractivity contribution is -0.143. The highest BCUT2D eigenvalue weighted by Gasteiger charge is 2.18. The number of amides is 1. The van der Waals surface area contributed by atoms with Crippen LogP contribution in [0.5, 0.6) is 0 Å². The SMILES string of the molecule is CCCCCCCCCCCCCCCCC/C=C/C(O)C(CO)NC(=O)CCCCC/C=C\CCCCCCCCOC(=O)CCCCCCCCCCCCCCCCCCCC. The first-order valence-corrected chi connectivity index (χ1v) is 29.1. The highest BCUT2D eigenvalue weighted by atomic mass is 16.5. The number of aliphatic hydroxyl groups is 2. The molecule has 2 unspecified atom stereocenters. The number of unbranched alkanes of at least 4 members (excludes halogenated alkanes) is 41. The summed E-state index contributed by atoms with van der Waals surface area (Å²) < 4.78 is 5.48. The van der Waals surface area contributed by atoms with Crippen LogP contribution in [0.3, 0.4) is 0 Å². The normalized spacial score (nSPS) is 12.7. The molecule has 0 aliphatic carbocycles. The van der Waals surface area contributed by atoms with Gasteiger partial charge in [-0.05, 0) is 57.8 Å². The lowest BCUT2D eigenvalue weighted by atomic mass is 10.0. The molecule has 0 rings (SSSR count). The van der Waals surface area contributed by atoms with Crippen molar-refractivity contribution in [2.75, 3.05) is 13.2 Å². The number of carbonyl (C=O) groups is 2. The number of hydrogen-bond acceptors (Lipinski definition) is 5. The van der Waals surface area contributed by atoms with Gasteiger partial charge in [-0.1, -0.05) is 269 Å². The maximum Gasteiger partial charge on any atom is 0.305 e. The van der Waals surface area contributed by atoms with Gasteiger partial charge >= 0.3 is 5.97 Å². The van der Waals surface area contributed by atoms with E-state index in [2.05, 4.69) is 31.3 Å². The van der Waals surface area contributed by atoms with Crippen LogP contribution in [0.15, 0.2) is 24.3 Å². The molecule has 0 fully saturated rings. The fraction of sp³-hybridized carbons (Fsp3) is 0.898. The van der Waals surface area contributed by atoms with E-state index in [-0.39, 0.29) is 18.5 Å². The van der Waals surface area contributed by atoms with Crippen LogP contribution >= 0.6 is 0 Å². The zero-order chi connectivity index (χ0) is 47.2. The zero-order valence-corrected chi connectivity index (χ0v) is 43.7. The van der Waals surface area contributed by atoms with E-state index in [1.807, 2.05) is 6.08 Å². The number of hydrogen-bond donors (Lipinski definition) is 3. The van der Waals surface area contributed by atoms with Crippen LogP contribution in [-0.4, -0.2) is 47.4 Å². The van der Waals surface area contributed by atoms with Crippen molar-refractivity contribution in [2.24, 2.45) is 0 Å². The Kier molecular flexibility index (Phi) is 53.5. The molecule has 3 N–H and O–H groups in total. The van der Waals surface area contributed by atoms with Gasteiger partial charge in [-0.2, -0.15) is 0 Å². The molecule has 0 aromatic carbocycles. The third-order valence-corrected chi connectivity index (χ3v) is 13.5. The molecule has 0 aromatic rings. The second-order valence-electron chi connectivity index (χ2n) is 20.0. The second-order valence-corrected chi connectivity index (χ2v) is 20.0. The van der Waals surface area contributed by atoms with Crippen molar-refractivity contribution in [3.05, 3.63) is 24.3 Å². The quantitative estimate of drug-likeness (QED) is 0.0321. The van der Waals surface area contributed by atoms with Crippen molar-refractivity contribution < 1.29 is 24.5 Å². The molecule has 0 aliphatic heterocycles. The Labute approximate surface area is 405 Å². The van der Waals surface area contributed by atoms with E-state index in [4.69, 9.17) is 4.74 Å². The smallest absolute Gasteiger partial charge is 0.305 e. The summed E-state index contributed by atoms with van der Waals surface area (Å²) >= 11 is 0. The van der Waals surface area contributed by atoms with E-state index in [0.29, 0.717) is 19.4 Å². The molecule has 6 nitrogen and oxygen atoms in total. The molecule has 0 radical (unpaired) electrons. The standard InChI is InChI=1S/C59H113NO5/c1-3-5-7-9-11-13-15-17-19-21-23-25-29-33-37-41-45-49-53-59(64)65-54-50-46-42-38-34-30-26-28-32-36-40-44-48-52-58(63)60-56(55-61)57(62)51-47-43-39-35-31-27-24-22-20-18-16-14-12-10-8-6-4-2/h28,32,47,51,56-57,61-62H,3-27,29-31,33-46,48-50,52-55H2,1-2H3,(H,60,63)/b32-28-,51-47+. The molecule has 0 spiro atoms. The van der Waals surface area contributed by atoms with Crippen molar-refractivity contribution in [2.45, 2.75) is 328 Å². The highest BCUT2D eigenvalue weighted by molar-refractivity contribution is 5.76. The van der Waals surface area contributed by atoms with Crippen LogP contribution < -0.4 is 5.32 Å². The van der Waals surface area contributed by atoms with Crippen molar-refractivity contribution in [1.29, 1.82) is 0 Å². The molecule has 0 heterocycles. The molecule has 0 aromatic heterocycles. The first kappa shape index (κ1) is 63.3. The van der Waals surface area contributed by atoms with Gasteiger partial charge in [-0.3, -0.25) is 9.59 Å². The van der Waals surface area contributed by atoms with Crippen molar-refractivity contribution in [3.63, 3.8) is 0 Å². The minimum atomic E-state index is -0.861. The molecule has 0 aliphatic rings. The average molecular weight is 917 g/mol. The summed E-state index contributed by atoms with van der Waals surface area (Å²) in [5.74, 6) is -0.105. The summed E-state index contributed by atoms with van der Waals surface area (Å²) in [7, 11) is 0. The summed E-state index contributed by atoms with van der Waals surface area (Å²) in [5.41, 5.74) is 0. The average Bonchev–Trinajstić information content (AvgIpc) is 3.31. The largest absolute Gasteiger partial charge is 0.466 e. The molecule has 0 bridgehead atoms. The summed E-state index contributed by atoms with van der Waals surface area (Å²) in [5, 5.41) is 23.1. The number of nitrogens with one attached hydrogen (secondary N) is 1. The highest BCUT2D eigenvalue weighted by Crippen LogP contribution is 2.17. The number of rotatable bonds is 54. The Morgan fingerprint density at radius 1 is 0.415 bits per heavy atom. The predicted octanol–water partition coefficient (Wildman–Crippen LogP) is 17.9. The van der Waals surface area contributed by atoms with E-state index in [1.165, 1.54) is 218 Å². The van der Waals surface area contributed by atoms with Crippen LogP contribution in [0.25, 0.3) is 0 Å². The Bertz CT molecular complexity index is 1010. The monoisotopic (exact) mass is 916 g/mol. The fourth-order valence-electron chi connectivity index (χ4n) is 8.98. The number of aliphatic hydroxyl groups excluding tert-OH is 2. The lowest BCUT2D eigenvalue weighted by Gasteiger charge is -2.19. The first-order valence-electron chi connectivity index (χ1n) is 29.1. The fourth-order valence-corrected chi connectivity index (χ4v) is 8.98. The van der Waals surface area contributed by atoms with Crippen LogP contribution in [-0.2, 0) is 14.3 Å². The molecular weight excluding hydrogens is 803 g/mol. The lowest BCUT2D eigenvalue weighted by Crippen LogP contribution is -2.45. The van der Waals surface area contributed by atoms with Gasteiger partial charge in [-0.15, -0.1) is 0 Å². The van der Waals surface area contributed by atoms with Crippen molar-refractivity contribution in [1.82, 2.24) is 5.32 Å². The molecular formula is C59H113NO5. The van der Waals surface area contributed by atoms with Gasteiger partial charge in [0.2, 0.25) is 5.91 Å². The third-order valence-electron chi connectivity index (χ3n) is 13.5. The summed E-state index contributed by atoms with van der Waals surface area (Å²) in [6.07, 6.45) is 66.3. The van der Waals surface area contributed by atoms with Gasteiger partial charge in [0, 0.05) is 12.8 Å². The summed E-state index contributed by atoms with van der Waals surface area (Å²) in [6, 6.07) is -0.648. The van der Waals surface area contributed by atoms with E-state index in [1.54, 1.807) is 6.08 Å². The number of ether oxygens (including phenoxy) is 1. The van der Waals surface area contributed by atoms with Gasteiger partial charge < -0.3 is 20.3 Å². The second kappa shape index (κ2) is 54.9. The maximum absolute atomic E-state index is 12.4. The summed E-state index contributed by atoms with van der Waals surface area (Å²) in [4.78, 5) is 24.5. The van der Waals surface area contributed by atoms with Gasteiger partial charge in [0.15, 0.2) is 0 Å². The van der Waals surface area contributed by atoms with E-state index in [0.717, 1.165) is 70.6 Å². The predicted molar refractivity (Wildman–Crippen MR) is 283 cm³/mol. The van der Waals surface area contributed by atoms with E-state index < -0.39 is 12.1 Å². The first-order chi connectivity index (χ1) is 32.0. The minimum Gasteiger partial charge on any atom is -0.466 e. The summed E-state index contributed by atoms with van der Waals surface area (Å²) in [6.45, 7) is 4.88. The minimum absolute atomic E-state index is 0.00938. The van der Waals surface area contributed by atoms with Gasteiger partial charge in [-0.25, -0.2) is 0 Å². The van der Waals surface area contributed by atoms with Crippen LogP contribution in [0.4, 0.5) is 0 Å². The number of allylic oxidation sites excluding steroid dienone is 3. The Balaban J connectivity index is 3.49. The topological polar surface area (TPSA) is 95.9 Å². The van der Waals surface area contributed by atoms with Crippen molar-refractivity contribution in [3.8, 4) is 0 Å². The van der Waals surface area contributed by atoms with Gasteiger partial charge in [0.05, 0.1) is 25.4 Å². The van der Waals surface area contributed by atoms with E-state index >= 15 is 0 Å². The molecule has 0 saturated carbocycles. The van der Waals surface area contributed by atoms with Crippen LogP contribution in [0, 0.1) is 0 Å². The number of esters is 1. The van der Waals surface area contributed by atoms with Gasteiger partial charge in [0.1, 0.15) is 0 Å². The molecule has 2 atom stereocenters. The molecule has 384 valence electrons. The zero-order valence-electron chi connectivity index (χ0n) is 43.7. The van der Waals surface area contributed by atoms with Crippen LogP contribution in [0.1, 0.15) is 316 Å². The molecule has 0 saturated heterocycles. The Hall–Kier alpha value is -1.66. The van der Waals surface area contributed by atoms with Crippen LogP contribution in [0.2, 0.25) is 0 Å². The molecule has 65 heavy (non-hydrogen) atoms. The third kappa shape index (κ3) is 51.6.